The highest BCUT2D eigenvalue weighted by Gasteiger charge is 2.38. The summed E-state index contributed by atoms with van der Waals surface area (Å²) < 4.78 is 11.5. The minimum Gasteiger partial charge on any atom is -0.378 e. The molecule has 1 aromatic heterocycles. The van der Waals surface area contributed by atoms with Gasteiger partial charge < -0.3 is 24.6 Å². The minimum atomic E-state index is 0.0473. The third kappa shape index (κ3) is 4.08. The van der Waals surface area contributed by atoms with E-state index in [4.69, 9.17) is 9.47 Å². The number of hydrogen-bond acceptors (Lipinski definition) is 6. The maximum Gasteiger partial charge on any atom is 0.230 e. The fourth-order valence-corrected chi connectivity index (χ4v) is 5.91. The molecular formula is C26H32N4O3. The number of benzene rings is 1. The second kappa shape index (κ2) is 8.95. The van der Waals surface area contributed by atoms with Crippen molar-refractivity contribution in [1.82, 2.24) is 4.98 Å². The van der Waals surface area contributed by atoms with E-state index in [0.717, 1.165) is 87.0 Å². The van der Waals surface area contributed by atoms with Gasteiger partial charge in [0.15, 0.2) is 0 Å². The topological polar surface area (TPSA) is 66.9 Å². The van der Waals surface area contributed by atoms with E-state index in [2.05, 4.69) is 39.5 Å². The Balaban J connectivity index is 1.34. The van der Waals surface area contributed by atoms with E-state index >= 15 is 0 Å². The van der Waals surface area contributed by atoms with Gasteiger partial charge in [0.2, 0.25) is 5.91 Å². The molecule has 4 heterocycles. The zero-order chi connectivity index (χ0) is 22.2. The largest absolute Gasteiger partial charge is 0.378 e. The zero-order valence-electron chi connectivity index (χ0n) is 19.0. The Morgan fingerprint density at radius 3 is 2.91 bits per heavy atom. The number of nitrogens with zero attached hydrogens (tertiary/aromatic N) is 3. The van der Waals surface area contributed by atoms with Crippen LogP contribution in [0.3, 0.4) is 0 Å². The maximum absolute atomic E-state index is 14.0. The van der Waals surface area contributed by atoms with E-state index in [1.165, 1.54) is 6.42 Å². The molecule has 1 amide bonds. The van der Waals surface area contributed by atoms with Crippen LogP contribution < -0.4 is 15.1 Å². The van der Waals surface area contributed by atoms with Crippen LogP contribution in [0.25, 0.3) is 0 Å². The number of fused-ring (bicyclic) bond motifs is 3. The van der Waals surface area contributed by atoms with Crippen LogP contribution in [0.1, 0.15) is 37.7 Å². The molecule has 0 radical (unpaired) electrons. The van der Waals surface area contributed by atoms with Crippen LogP contribution in [0.2, 0.25) is 0 Å². The van der Waals surface area contributed by atoms with Gasteiger partial charge in [0.25, 0.3) is 0 Å². The predicted octanol–water partition coefficient (Wildman–Crippen LogP) is 4.10. The van der Waals surface area contributed by atoms with E-state index in [9.17, 15) is 4.79 Å². The Morgan fingerprint density at radius 1 is 1.09 bits per heavy atom. The van der Waals surface area contributed by atoms with Crippen LogP contribution in [0.15, 0.2) is 36.5 Å². The van der Waals surface area contributed by atoms with E-state index in [1.54, 1.807) is 6.20 Å². The lowest BCUT2D eigenvalue weighted by Gasteiger charge is -2.40. The number of ether oxygens (including phenoxy) is 2. The van der Waals surface area contributed by atoms with Crippen molar-refractivity contribution in [2.45, 2.75) is 44.8 Å². The fraction of sp³-hybridized carbons (Fsp3) is 0.538. The molecular weight excluding hydrogens is 416 g/mol. The molecule has 4 aliphatic rings. The average Bonchev–Trinajstić information content (AvgIpc) is 3.05. The van der Waals surface area contributed by atoms with E-state index in [1.807, 2.05) is 11.0 Å². The molecule has 0 unspecified atom stereocenters. The Morgan fingerprint density at radius 2 is 2.00 bits per heavy atom. The van der Waals surface area contributed by atoms with Crippen LogP contribution in [0.4, 0.5) is 22.9 Å². The SMILES string of the molecule is O=C([C@H]1CC[C@@H]2OCCC[C@@H]2C1)N1Cc2cccnc2Nc2ccc(N3CCOCC3)cc21. The third-order valence-electron chi connectivity index (χ3n) is 7.70. The summed E-state index contributed by atoms with van der Waals surface area (Å²) in [6.07, 6.45) is 7.27. The van der Waals surface area contributed by atoms with E-state index < -0.39 is 0 Å². The van der Waals surface area contributed by atoms with Gasteiger partial charge in [-0.25, -0.2) is 4.98 Å². The van der Waals surface area contributed by atoms with Crippen molar-refractivity contribution in [3.05, 3.63) is 42.1 Å². The van der Waals surface area contributed by atoms with Crippen molar-refractivity contribution < 1.29 is 14.3 Å². The monoisotopic (exact) mass is 448 g/mol. The summed E-state index contributed by atoms with van der Waals surface area (Å²) in [5.41, 5.74) is 4.07. The Kier molecular flexibility index (Phi) is 5.68. The number of morpholine rings is 1. The Labute approximate surface area is 195 Å². The van der Waals surface area contributed by atoms with Gasteiger partial charge in [0.05, 0.1) is 37.2 Å². The summed E-state index contributed by atoms with van der Waals surface area (Å²) in [7, 11) is 0. The Bertz CT molecular complexity index is 1020. The lowest BCUT2D eigenvalue weighted by atomic mass is 9.75. The van der Waals surface area contributed by atoms with Gasteiger partial charge in [-0.2, -0.15) is 0 Å². The van der Waals surface area contributed by atoms with Gasteiger partial charge in [-0.1, -0.05) is 6.07 Å². The zero-order valence-corrected chi connectivity index (χ0v) is 19.0. The van der Waals surface area contributed by atoms with Crippen LogP contribution in [0, 0.1) is 11.8 Å². The summed E-state index contributed by atoms with van der Waals surface area (Å²) in [5.74, 6) is 1.63. The minimum absolute atomic E-state index is 0.0473. The first-order valence-corrected chi connectivity index (χ1v) is 12.4. The highest BCUT2D eigenvalue weighted by Crippen LogP contribution is 2.42. The quantitative estimate of drug-likeness (QED) is 0.746. The predicted molar refractivity (Wildman–Crippen MR) is 128 cm³/mol. The van der Waals surface area contributed by atoms with Crippen LogP contribution in [-0.4, -0.2) is 49.9 Å². The fourth-order valence-electron chi connectivity index (χ4n) is 5.91. The van der Waals surface area contributed by atoms with Gasteiger partial charge in [0.1, 0.15) is 5.82 Å². The number of anilines is 4. The van der Waals surface area contributed by atoms with Crippen molar-refractivity contribution in [3.63, 3.8) is 0 Å². The lowest BCUT2D eigenvalue weighted by Crippen LogP contribution is -2.42. The molecule has 7 heteroatoms. The molecule has 3 atom stereocenters. The molecule has 0 spiro atoms. The molecule has 2 saturated heterocycles. The molecule has 3 aliphatic heterocycles. The number of aromatic nitrogens is 1. The van der Waals surface area contributed by atoms with Gasteiger partial charge in [-0.3, -0.25) is 4.79 Å². The highest BCUT2D eigenvalue weighted by atomic mass is 16.5. The van der Waals surface area contributed by atoms with Crippen molar-refractivity contribution >= 4 is 28.8 Å². The van der Waals surface area contributed by atoms with Crippen molar-refractivity contribution in [2.24, 2.45) is 11.8 Å². The number of nitrogens with one attached hydrogen (secondary N) is 1. The molecule has 174 valence electrons. The van der Waals surface area contributed by atoms with Crippen molar-refractivity contribution in [1.29, 1.82) is 0 Å². The van der Waals surface area contributed by atoms with Crippen molar-refractivity contribution in [2.75, 3.05) is 48.0 Å². The molecule has 6 rings (SSSR count). The number of amides is 1. The average molecular weight is 449 g/mol. The first-order valence-electron chi connectivity index (χ1n) is 12.4. The van der Waals surface area contributed by atoms with Gasteiger partial charge in [-0.15, -0.1) is 0 Å². The number of pyridine rings is 1. The molecule has 0 bridgehead atoms. The summed E-state index contributed by atoms with van der Waals surface area (Å²) in [6, 6.07) is 10.4. The third-order valence-corrected chi connectivity index (χ3v) is 7.70. The maximum atomic E-state index is 14.0. The number of rotatable bonds is 2. The van der Waals surface area contributed by atoms with Crippen molar-refractivity contribution in [3.8, 4) is 0 Å². The summed E-state index contributed by atoms with van der Waals surface area (Å²) in [4.78, 5) is 23.0. The summed E-state index contributed by atoms with van der Waals surface area (Å²) in [6.45, 7) is 4.62. The molecule has 7 nitrogen and oxygen atoms in total. The van der Waals surface area contributed by atoms with Crippen LogP contribution >= 0.6 is 0 Å². The molecule has 33 heavy (non-hydrogen) atoms. The lowest BCUT2D eigenvalue weighted by molar-refractivity contribution is -0.127. The van der Waals surface area contributed by atoms with Crippen LogP contribution in [0.5, 0.6) is 0 Å². The molecule has 1 aliphatic carbocycles. The molecule has 1 saturated carbocycles. The number of carbonyl (C=O) groups excluding carboxylic acids is 1. The smallest absolute Gasteiger partial charge is 0.230 e. The Hall–Kier alpha value is -2.64. The summed E-state index contributed by atoms with van der Waals surface area (Å²) in [5, 5.41) is 3.50. The second-order valence-electron chi connectivity index (χ2n) is 9.68. The standard InChI is InChI=1S/C26H32N4O3/c31-26(19-5-8-24-18(15-19)4-2-12-33-24)30-17-20-3-1-9-27-25(20)28-22-7-6-21(16-23(22)30)29-10-13-32-14-11-29/h1,3,6-7,9,16,18-19,24H,2,4-5,8,10-15,17H2,(H,27,28)/t18-,19+,24+/m1/s1. The van der Waals surface area contributed by atoms with Gasteiger partial charge in [-0.05, 0) is 62.3 Å². The summed E-state index contributed by atoms with van der Waals surface area (Å²) >= 11 is 0. The number of hydrogen-bond donors (Lipinski definition) is 1. The molecule has 1 aromatic carbocycles. The molecule has 1 N–H and O–H groups in total. The number of carbonyl (C=O) groups is 1. The second-order valence-corrected chi connectivity index (χ2v) is 9.68. The van der Waals surface area contributed by atoms with Gasteiger partial charge in [0, 0.05) is 43.1 Å². The first-order chi connectivity index (χ1) is 16.3. The normalized spacial score (nSPS) is 27.0. The van der Waals surface area contributed by atoms with Gasteiger partial charge >= 0.3 is 0 Å². The van der Waals surface area contributed by atoms with E-state index in [-0.39, 0.29) is 11.8 Å². The van der Waals surface area contributed by atoms with Crippen LogP contribution in [-0.2, 0) is 20.8 Å². The molecule has 2 aromatic rings. The first kappa shape index (κ1) is 20.9. The van der Waals surface area contributed by atoms with E-state index in [0.29, 0.717) is 18.6 Å². The highest BCUT2D eigenvalue weighted by molar-refractivity contribution is 6.00. The molecule has 3 fully saturated rings.